The number of carboxylic acid groups (broad SMARTS) is 1. The van der Waals surface area contributed by atoms with Crippen LogP contribution in [0.5, 0.6) is 0 Å². The standard InChI is InChI=1S/C28H34N2O5/c1-2-8-19(15-26(31)29-16-18-9-7-14-20(18)27(32)33)30-28(34)35-17-25-23-12-5-3-10-21(23)22-11-4-6-13-24(22)25/h3-6,10-13,18-20,25H,2,7-9,14-17H2,1H3,(H,29,31)(H,30,34)(H,32,33)/t18-,19-,20-/m1/s1. The maximum absolute atomic E-state index is 12.6. The highest BCUT2D eigenvalue weighted by atomic mass is 16.5. The number of carbonyl (C=O) groups excluding carboxylic acids is 2. The lowest BCUT2D eigenvalue weighted by molar-refractivity contribution is -0.143. The van der Waals surface area contributed by atoms with Crippen molar-refractivity contribution in [2.75, 3.05) is 13.2 Å². The van der Waals surface area contributed by atoms with E-state index in [9.17, 15) is 19.5 Å². The lowest BCUT2D eigenvalue weighted by atomic mass is 9.96. The van der Waals surface area contributed by atoms with Crippen LogP contribution in [0.3, 0.4) is 0 Å². The van der Waals surface area contributed by atoms with Gasteiger partial charge in [-0.1, -0.05) is 68.3 Å². The normalized spacial score (nSPS) is 19.5. The molecule has 4 rings (SSSR count). The minimum atomic E-state index is -0.789. The van der Waals surface area contributed by atoms with Gasteiger partial charge >= 0.3 is 12.1 Å². The molecule has 0 heterocycles. The average Bonchev–Trinajstić information content (AvgIpc) is 3.44. The second-order valence-corrected chi connectivity index (χ2v) is 9.60. The molecule has 2 aliphatic carbocycles. The van der Waals surface area contributed by atoms with E-state index in [2.05, 4.69) is 34.9 Å². The fourth-order valence-electron chi connectivity index (χ4n) is 5.53. The first kappa shape index (κ1) is 24.8. The van der Waals surface area contributed by atoms with E-state index in [-0.39, 0.29) is 42.7 Å². The molecule has 7 heteroatoms. The fraction of sp³-hybridized carbons (Fsp3) is 0.464. The monoisotopic (exact) mass is 478 g/mol. The largest absolute Gasteiger partial charge is 0.481 e. The van der Waals surface area contributed by atoms with Crippen molar-refractivity contribution in [2.45, 2.75) is 57.4 Å². The Hall–Kier alpha value is -3.35. The Morgan fingerprint density at radius 1 is 1.03 bits per heavy atom. The molecule has 2 amide bonds. The summed E-state index contributed by atoms with van der Waals surface area (Å²) in [5.74, 6) is -1.41. The second-order valence-electron chi connectivity index (χ2n) is 9.60. The minimum absolute atomic E-state index is 0.0188. The van der Waals surface area contributed by atoms with Gasteiger partial charge in [0.05, 0.1) is 5.92 Å². The summed E-state index contributed by atoms with van der Waals surface area (Å²) >= 11 is 0. The summed E-state index contributed by atoms with van der Waals surface area (Å²) < 4.78 is 5.63. The van der Waals surface area contributed by atoms with Gasteiger partial charge in [-0.15, -0.1) is 0 Å². The first-order chi connectivity index (χ1) is 17.0. The molecule has 2 aromatic rings. The van der Waals surface area contributed by atoms with E-state index in [0.717, 1.165) is 30.4 Å². The van der Waals surface area contributed by atoms with Crippen LogP contribution in [0.4, 0.5) is 4.79 Å². The van der Waals surface area contributed by atoms with Crippen molar-refractivity contribution < 1.29 is 24.2 Å². The van der Waals surface area contributed by atoms with Gasteiger partial charge in [-0.05, 0) is 47.4 Å². The van der Waals surface area contributed by atoms with Crippen molar-refractivity contribution >= 4 is 18.0 Å². The Balaban J connectivity index is 1.29. The van der Waals surface area contributed by atoms with Crippen molar-refractivity contribution in [3.8, 4) is 11.1 Å². The van der Waals surface area contributed by atoms with Crippen LogP contribution in [0.1, 0.15) is 62.5 Å². The molecule has 0 unspecified atom stereocenters. The van der Waals surface area contributed by atoms with E-state index in [1.165, 1.54) is 11.1 Å². The van der Waals surface area contributed by atoms with E-state index in [1.807, 2.05) is 31.2 Å². The molecule has 2 aliphatic rings. The van der Waals surface area contributed by atoms with Crippen molar-refractivity contribution in [1.82, 2.24) is 10.6 Å². The predicted octanol–water partition coefficient (Wildman–Crippen LogP) is 4.70. The molecule has 0 aromatic heterocycles. The first-order valence-corrected chi connectivity index (χ1v) is 12.6. The fourth-order valence-corrected chi connectivity index (χ4v) is 5.53. The topological polar surface area (TPSA) is 105 Å². The van der Waals surface area contributed by atoms with Gasteiger partial charge in [0, 0.05) is 24.9 Å². The highest BCUT2D eigenvalue weighted by Gasteiger charge is 2.33. The van der Waals surface area contributed by atoms with Crippen LogP contribution >= 0.6 is 0 Å². The number of carbonyl (C=O) groups is 3. The van der Waals surface area contributed by atoms with Crippen LogP contribution < -0.4 is 10.6 Å². The summed E-state index contributed by atoms with van der Waals surface area (Å²) in [6.45, 7) is 2.59. The average molecular weight is 479 g/mol. The lowest BCUT2D eigenvalue weighted by Crippen LogP contribution is -2.41. The summed E-state index contributed by atoms with van der Waals surface area (Å²) in [7, 11) is 0. The van der Waals surface area contributed by atoms with Gasteiger partial charge in [0.1, 0.15) is 6.61 Å². The number of hydrogen-bond acceptors (Lipinski definition) is 4. The van der Waals surface area contributed by atoms with Gasteiger partial charge in [0.15, 0.2) is 0 Å². The zero-order valence-corrected chi connectivity index (χ0v) is 20.2. The predicted molar refractivity (Wildman–Crippen MR) is 133 cm³/mol. The molecule has 2 aromatic carbocycles. The third-order valence-electron chi connectivity index (χ3n) is 7.27. The van der Waals surface area contributed by atoms with Gasteiger partial charge in [0.2, 0.25) is 5.91 Å². The van der Waals surface area contributed by atoms with Crippen LogP contribution in [0.15, 0.2) is 48.5 Å². The zero-order valence-electron chi connectivity index (χ0n) is 20.2. The van der Waals surface area contributed by atoms with Gasteiger partial charge in [-0.25, -0.2) is 4.79 Å². The number of rotatable bonds is 10. The zero-order chi connectivity index (χ0) is 24.8. The third-order valence-corrected chi connectivity index (χ3v) is 7.27. The van der Waals surface area contributed by atoms with Crippen molar-refractivity contribution in [2.24, 2.45) is 11.8 Å². The third kappa shape index (κ3) is 5.84. The molecule has 1 saturated carbocycles. The van der Waals surface area contributed by atoms with Crippen LogP contribution in [0.2, 0.25) is 0 Å². The molecular formula is C28H34N2O5. The van der Waals surface area contributed by atoms with Gasteiger partial charge < -0.3 is 20.5 Å². The number of aliphatic carboxylic acids is 1. The SMILES string of the molecule is CCC[C@H](CC(=O)NC[C@H]1CCC[C@H]1C(=O)O)NC(=O)OCC1c2ccccc2-c2ccccc21. The van der Waals surface area contributed by atoms with Crippen molar-refractivity contribution in [3.05, 3.63) is 59.7 Å². The van der Waals surface area contributed by atoms with E-state index in [1.54, 1.807) is 0 Å². The Morgan fingerprint density at radius 2 is 1.69 bits per heavy atom. The number of carboxylic acids is 1. The van der Waals surface area contributed by atoms with E-state index < -0.39 is 12.1 Å². The highest BCUT2D eigenvalue weighted by molar-refractivity contribution is 5.79. The molecule has 3 atom stereocenters. The summed E-state index contributed by atoms with van der Waals surface area (Å²) in [4.78, 5) is 36.5. The Labute approximate surface area is 206 Å². The van der Waals surface area contributed by atoms with Crippen molar-refractivity contribution in [1.29, 1.82) is 0 Å². The molecule has 0 bridgehead atoms. The molecule has 7 nitrogen and oxygen atoms in total. The summed E-state index contributed by atoms with van der Waals surface area (Å²) in [5.41, 5.74) is 4.64. The summed E-state index contributed by atoms with van der Waals surface area (Å²) in [6.07, 6.45) is 3.43. The summed E-state index contributed by atoms with van der Waals surface area (Å²) in [6, 6.07) is 16.0. The van der Waals surface area contributed by atoms with E-state index in [0.29, 0.717) is 19.4 Å². The molecule has 1 fully saturated rings. The first-order valence-electron chi connectivity index (χ1n) is 12.6. The summed E-state index contributed by atoms with van der Waals surface area (Å²) in [5, 5.41) is 15.1. The lowest BCUT2D eigenvalue weighted by Gasteiger charge is -2.21. The van der Waals surface area contributed by atoms with Crippen LogP contribution in [-0.4, -0.2) is 42.3 Å². The molecule has 0 radical (unpaired) electrons. The maximum Gasteiger partial charge on any atom is 0.407 e. The molecule has 0 saturated heterocycles. The van der Waals surface area contributed by atoms with Crippen LogP contribution in [0, 0.1) is 11.8 Å². The molecule has 35 heavy (non-hydrogen) atoms. The molecule has 186 valence electrons. The number of benzene rings is 2. The molecule has 0 spiro atoms. The van der Waals surface area contributed by atoms with Gasteiger partial charge in [-0.3, -0.25) is 9.59 Å². The van der Waals surface area contributed by atoms with E-state index >= 15 is 0 Å². The van der Waals surface area contributed by atoms with Gasteiger partial charge in [0.25, 0.3) is 0 Å². The molecule has 0 aliphatic heterocycles. The minimum Gasteiger partial charge on any atom is -0.481 e. The Kier molecular flexibility index (Phi) is 8.06. The smallest absolute Gasteiger partial charge is 0.407 e. The number of fused-ring (bicyclic) bond motifs is 3. The number of nitrogens with one attached hydrogen (secondary N) is 2. The van der Waals surface area contributed by atoms with Gasteiger partial charge in [-0.2, -0.15) is 0 Å². The Bertz CT molecular complexity index is 1020. The molecule has 3 N–H and O–H groups in total. The number of hydrogen-bond donors (Lipinski definition) is 3. The second kappa shape index (κ2) is 11.4. The molecular weight excluding hydrogens is 444 g/mol. The van der Waals surface area contributed by atoms with E-state index in [4.69, 9.17) is 4.74 Å². The van der Waals surface area contributed by atoms with Crippen LogP contribution in [-0.2, 0) is 14.3 Å². The van der Waals surface area contributed by atoms with Crippen LogP contribution in [0.25, 0.3) is 11.1 Å². The maximum atomic E-state index is 12.6. The number of alkyl carbamates (subject to hydrolysis) is 1. The highest BCUT2D eigenvalue weighted by Crippen LogP contribution is 2.44. The number of amides is 2. The quantitative estimate of drug-likeness (QED) is 0.459. The Morgan fingerprint density at radius 3 is 2.31 bits per heavy atom. The number of ether oxygens (including phenoxy) is 1. The van der Waals surface area contributed by atoms with Crippen molar-refractivity contribution in [3.63, 3.8) is 0 Å².